The molecule has 0 atom stereocenters. The highest BCUT2D eigenvalue weighted by molar-refractivity contribution is 7.89. The fourth-order valence-electron chi connectivity index (χ4n) is 2.48. The third kappa shape index (κ3) is 4.09. The summed E-state index contributed by atoms with van der Waals surface area (Å²) in [6.45, 7) is 1.78. The molecular formula is C19H18N6O2S. The Hall–Kier alpha value is -3.48. The van der Waals surface area contributed by atoms with Gasteiger partial charge in [0.15, 0.2) is 0 Å². The molecule has 142 valence electrons. The molecule has 0 aliphatic heterocycles. The molecular weight excluding hydrogens is 376 g/mol. The standard InChI is InChI=1S/C19H18N6O2S/c1-12-16(9-3-13-4-10-17(20)23-11-13)18(25-19(21)24-12)14-5-7-15(8-6-14)28(26,27)22-2/h4-8,10-11,22H,1-2H3,(H2,20,23)(H2,21,24,25). The van der Waals surface area contributed by atoms with E-state index in [1.807, 2.05) is 0 Å². The molecule has 0 radical (unpaired) electrons. The molecule has 2 heterocycles. The van der Waals surface area contributed by atoms with Gasteiger partial charge in [-0.1, -0.05) is 24.0 Å². The maximum absolute atomic E-state index is 11.9. The maximum Gasteiger partial charge on any atom is 0.240 e. The van der Waals surface area contributed by atoms with E-state index in [4.69, 9.17) is 11.5 Å². The Bertz CT molecular complexity index is 1180. The van der Waals surface area contributed by atoms with E-state index in [-0.39, 0.29) is 10.8 Å². The van der Waals surface area contributed by atoms with Crippen molar-refractivity contribution in [1.82, 2.24) is 19.7 Å². The monoisotopic (exact) mass is 394 g/mol. The summed E-state index contributed by atoms with van der Waals surface area (Å²) in [7, 11) is -2.17. The second kappa shape index (κ2) is 7.64. The number of anilines is 2. The van der Waals surface area contributed by atoms with Gasteiger partial charge in [0, 0.05) is 17.3 Å². The van der Waals surface area contributed by atoms with Crippen LogP contribution >= 0.6 is 0 Å². The zero-order chi connectivity index (χ0) is 20.3. The Morgan fingerprint density at radius 3 is 2.32 bits per heavy atom. The molecule has 0 fully saturated rings. The Morgan fingerprint density at radius 2 is 1.71 bits per heavy atom. The molecule has 0 saturated carbocycles. The van der Waals surface area contributed by atoms with Crippen LogP contribution in [0, 0.1) is 18.8 Å². The highest BCUT2D eigenvalue weighted by Crippen LogP contribution is 2.25. The second-order valence-electron chi connectivity index (χ2n) is 5.84. The third-order valence-electron chi connectivity index (χ3n) is 3.93. The Labute approximate surface area is 163 Å². The van der Waals surface area contributed by atoms with Crippen molar-refractivity contribution >= 4 is 21.8 Å². The van der Waals surface area contributed by atoms with Gasteiger partial charge in [-0.05, 0) is 38.2 Å². The molecule has 0 aliphatic carbocycles. The predicted octanol–water partition coefficient (Wildman–Crippen LogP) is 1.32. The van der Waals surface area contributed by atoms with Crippen molar-refractivity contribution in [3.63, 3.8) is 0 Å². The summed E-state index contributed by atoms with van der Waals surface area (Å²) in [4.78, 5) is 12.6. The number of nitrogens with zero attached hydrogens (tertiary/aromatic N) is 3. The molecule has 0 saturated heterocycles. The average molecular weight is 394 g/mol. The number of nitrogen functional groups attached to an aromatic ring is 2. The first-order valence-corrected chi connectivity index (χ1v) is 9.70. The fourth-order valence-corrected chi connectivity index (χ4v) is 3.21. The zero-order valence-corrected chi connectivity index (χ0v) is 16.1. The van der Waals surface area contributed by atoms with Gasteiger partial charge in [0.1, 0.15) is 5.82 Å². The van der Waals surface area contributed by atoms with Gasteiger partial charge < -0.3 is 11.5 Å². The molecule has 9 heteroatoms. The lowest BCUT2D eigenvalue weighted by atomic mass is 10.0. The van der Waals surface area contributed by atoms with Crippen molar-refractivity contribution in [3.8, 4) is 23.1 Å². The molecule has 0 aliphatic rings. The molecule has 1 aromatic carbocycles. The predicted molar refractivity (Wildman–Crippen MR) is 107 cm³/mol. The van der Waals surface area contributed by atoms with Gasteiger partial charge in [0.25, 0.3) is 0 Å². The number of hydrogen-bond donors (Lipinski definition) is 3. The molecule has 3 aromatic rings. The first kappa shape index (κ1) is 19.3. The highest BCUT2D eigenvalue weighted by atomic mass is 32.2. The number of aryl methyl sites for hydroxylation is 1. The summed E-state index contributed by atoms with van der Waals surface area (Å²) >= 11 is 0. The summed E-state index contributed by atoms with van der Waals surface area (Å²) in [5, 5.41) is 0. The Morgan fingerprint density at radius 1 is 1.00 bits per heavy atom. The minimum atomic E-state index is -3.53. The molecule has 3 rings (SSSR count). The second-order valence-corrected chi connectivity index (χ2v) is 7.73. The number of sulfonamides is 1. The van der Waals surface area contributed by atoms with E-state index in [9.17, 15) is 8.42 Å². The zero-order valence-electron chi connectivity index (χ0n) is 15.3. The normalized spacial score (nSPS) is 10.9. The van der Waals surface area contributed by atoms with E-state index in [1.54, 1.807) is 37.4 Å². The first-order valence-electron chi connectivity index (χ1n) is 8.22. The molecule has 2 aromatic heterocycles. The van der Waals surface area contributed by atoms with Crippen LogP contribution in [0.4, 0.5) is 11.8 Å². The Kier molecular flexibility index (Phi) is 5.26. The number of nitrogens with one attached hydrogen (secondary N) is 1. The van der Waals surface area contributed by atoms with E-state index in [2.05, 4.69) is 31.5 Å². The van der Waals surface area contributed by atoms with Gasteiger partial charge in [0.05, 0.1) is 21.8 Å². The van der Waals surface area contributed by atoms with E-state index >= 15 is 0 Å². The molecule has 0 bridgehead atoms. The lowest BCUT2D eigenvalue weighted by Gasteiger charge is -2.09. The van der Waals surface area contributed by atoms with Crippen LogP contribution in [0.2, 0.25) is 0 Å². The minimum absolute atomic E-state index is 0.110. The van der Waals surface area contributed by atoms with Crippen molar-refractivity contribution in [1.29, 1.82) is 0 Å². The summed E-state index contributed by atoms with van der Waals surface area (Å²) in [5.74, 6) is 6.59. The number of aromatic nitrogens is 3. The average Bonchev–Trinajstić information content (AvgIpc) is 2.68. The SMILES string of the molecule is CNS(=O)(=O)c1ccc(-c2nc(N)nc(C)c2C#Cc2ccc(N)nc2)cc1. The van der Waals surface area contributed by atoms with Crippen molar-refractivity contribution in [2.45, 2.75) is 11.8 Å². The van der Waals surface area contributed by atoms with E-state index in [1.165, 1.54) is 19.2 Å². The van der Waals surface area contributed by atoms with Crippen LogP contribution in [0.3, 0.4) is 0 Å². The molecule has 0 spiro atoms. The summed E-state index contributed by atoms with van der Waals surface area (Å²) in [6.07, 6.45) is 1.58. The van der Waals surface area contributed by atoms with E-state index < -0.39 is 10.0 Å². The molecule has 5 N–H and O–H groups in total. The quantitative estimate of drug-likeness (QED) is 0.570. The lowest BCUT2D eigenvalue weighted by molar-refractivity contribution is 0.588. The number of nitrogens with two attached hydrogens (primary N) is 2. The van der Waals surface area contributed by atoms with Gasteiger partial charge in [0.2, 0.25) is 16.0 Å². The van der Waals surface area contributed by atoms with Gasteiger partial charge in [-0.2, -0.15) is 0 Å². The molecule has 28 heavy (non-hydrogen) atoms. The minimum Gasteiger partial charge on any atom is -0.384 e. The first-order chi connectivity index (χ1) is 13.3. The van der Waals surface area contributed by atoms with Gasteiger partial charge in [-0.25, -0.2) is 28.1 Å². The van der Waals surface area contributed by atoms with Crippen molar-refractivity contribution < 1.29 is 8.42 Å². The van der Waals surface area contributed by atoms with Crippen molar-refractivity contribution in [3.05, 3.63) is 59.4 Å². The molecule has 8 nitrogen and oxygen atoms in total. The number of rotatable bonds is 3. The third-order valence-corrected chi connectivity index (χ3v) is 5.36. The highest BCUT2D eigenvalue weighted by Gasteiger charge is 2.14. The summed E-state index contributed by atoms with van der Waals surface area (Å²) < 4.78 is 26.1. The fraction of sp³-hybridized carbons (Fsp3) is 0.105. The van der Waals surface area contributed by atoms with Crippen molar-refractivity contribution in [2.24, 2.45) is 0 Å². The van der Waals surface area contributed by atoms with Crippen LogP contribution in [0.5, 0.6) is 0 Å². The number of benzene rings is 1. The molecule has 0 unspecified atom stereocenters. The van der Waals surface area contributed by atoms with Gasteiger partial charge >= 0.3 is 0 Å². The maximum atomic E-state index is 11.9. The van der Waals surface area contributed by atoms with Crippen LogP contribution in [-0.4, -0.2) is 30.4 Å². The molecule has 0 amide bonds. The van der Waals surface area contributed by atoms with Crippen LogP contribution < -0.4 is 16.2 Å². The van der Waals surface area contributed by atoms with Crippen LogP contribution in [0.25, 0.3) is 11.3 Å². The van der Waals surface area contributed by atoms with Gasteiger partial charge in [-0.15, -0.1) is 0 Å². The largest absolute Gasteiger partial charge is 0.384 e. The smallest absolute Gasteiger partial charge is 0.240 e. The van der Waals surface area contributed by atoms with E-state index in [0.29, 0.717) is 33.9 Å². The van der Waals surface area contributed by atoms with Gasteiger partial charge in [-0.3, -0.25) is 0 Å². The van der Waals surface area contributed by atoms with E-state index in [0.717, 1.165) is 0 Å². The number of pyridine rings is 1. The van der Waals surface area contributed by atoms with Crippen LogP contribution in [0.15, 0.2) is 47.5 Å². The lowest BCUT2D eigenvalue weighted by Crippen LogP contribution is -2.18. The summed E-state index contributed by atoms with van der Waals surface area (Å²) in [5.41, 5.74) is 14.5. The van der Waals surface area contributed by atoms with Crippen LogP contribution in [-0.2, 0) is 10.0 Å². The number of hydrogen-bond acceptors (Lipinski definition) is 7. The summed E-state index contributed by atoms with van der Waals surface area (Å²) in [6, 6.07) is 9.73. The Balaban J connectivity index is 2.08. The van der Waals surface area contributed by atoms with Crippen molar-refractivity contribution in [2.75, 3.05) is 18.5 Å². The van der Waals surface area contributed by atoms with Crippen LogP contribution in [0.1, 0.15) is 16.8 Å². The topological polar surface area (TPSA) is 137 Å².